The van der Waals surface area contributed by atoms with Crippen LogP contribution in [-0.2, 0) is 30.4 Å². The van der Waals surface area contributed by atoms with E-state index in [0.717, 1.165) is 5.56 Å². The third-order valence-corrected chi connectivity index (χ3v) is 3.14. The predicted octanol–water partition coefficient (Wildman–Crippen LogP) is 2.97. The Kier molecular flexibility index (Phi) is 8.61. The van der Waals surface area contributed by atoms with Crippen LogP contribution >= 0.6 is 0 Å². The van der Waals surface area contributed by atoms with Crippen molar-refractivity contribution >= 4 is 18.0 Å². The van der Waals surface area contributed by atoms with Crippen LogP contribution in [0.5, 0.6) is 0 Å². The zero-order valence-corrected chi connectivity index (χ0v) is 15.7. The quantitative estimate of drug-likeness (QED) is 0.563. The molecule has 144 valence electrons. The summed E-state index contributed by atoms with van der Waals surface area (Å²) in [5.41, 5.74) is 0.174. The second-order valence-corrected chi connectivity index (χ2v) is 6.64. The zero-order chi connectivity index (χ0) is 19.6. The molecule has 7 heteroatoms. The number of carbonyl (C=O) groups excluding carboxylic acids is 3. The molecule has 1 atom stereocenters. The summed E-state index contributed by atoms with van der Waals surface area (Å²) < 4.78 is 15.2. The molecule has 1 aromatic rings. The second-order valence-electron chi connectivity index (χ2n) is 6.64. The van der Waals surface area contributed by atoms with Gasteiger partial charge in [-0.05, 0) is 39.7 Å². The van der Waals surface area contributed by atoms with Crippen LogP contribution in [-0.4, -0.2) is 36.3 Å². The minimum absolute atomic E-state index is 0.0356. The van der Waals surface area contributed by atoms with Gasteiger partial charge < -0.3 is 19.5 Å². The molecule has 0 spiro atoms. The molecule has 0 saturated heterocycles. The first kappa shape index (κ1) is 21.5. The van der Waals surface area contributed by atoms with Gasteiger partial charge in [-0.3, -0.25) is 4.79 Å². The lowest BCUT2D eigenvalue weighted by molar-refractivity contribution is -0.147. The first-order valence-electron chi connectivity index (χ1n) is 8.57. The van der Waals surface area contributed by atoms with Gasteiger partial charge >= 0.3 is 18.0 Å². The Balaban J connectivity index is 2.52. The van der Waals surface area contributed by atoms with Crippen molar-refractivity contribution < 1.29 is 28.6 Å². The summed E-state index contributed by atoms with van der Waals surface area (Å²) in [7, 11) is 0. The summed E-state index contributed by atoms with van der Waals surface area (Å²) in [5, 5.41) is 2.44. The average Bonchev–Trinajstić information content (AvgIpc) is 2.56. The first-order chi connectivity index (χ1) is 12.2. The van der Waals surface area contributed by atoms with E-state index in [0.29, 0.717) is 0 Å². The van der Waals surface area contributed by atoms with E-state index in [-0.39, 0.29) is 26.1 Å². The number of carbonyl (C=O) groups is 3. The molecule has 7 nitrogen and oxygen atoms in total. The van der Waals surface area contributed by atoms with Crippen molar-refractivity contribution in [2.24, 2.45) is 0 Å². The Morgan fingerprint density at radius 2 is 1.73 bits per heavy atom. The molecule has 0 aliphatic heterocycles. The number of rotatable bonds is 8. The molecule has 0 aliphatic carbocycles. The molecule has 26 heavy (non-hydrogen) atoms. The monoisotopic (exact) mass is 365 g/mol. The number of hydrogen-bond donors (Lipinski definition) is 1. The maximum atomic E-state index is 12.0. The lowest BCUT2D eigenvalue weighted by Gasteiger charge is -2.22. The fraction of sp³-hybridized carbons (Fsp3) is 0.526. The Morgan fingerprint density at radius 1 is 1.08 bits per heavy atom. The van der Waals surface area contributed by atoms with Gasteiger partial charge in [0, 0.05) is 6.42 Å². The van der Waals surface area contributed by atoms with Crippen LogP contribution in [0.3, 0.4) is 0 Å². The highest BCUT2D eigenvalue weighted by Crippen LogP contribution is 2.09. The zero-order valence-electron chi connectivity index (χ0n) is 15.7. The standard InChI is InChI=1S/C19H27NO6/c1-5-24-17(22)15(20-18(23)26-19(2,3)4)11-12-16(21)25-13-14-9-7-6-8-10-14/h6-10,15H,5,11-13H2,1-4H3,(H,20,23)/t15-/m0/s1. The summed E-state index contributed by atoms with van der Waals surface area (Å²) in [5.74, 6) is -1.08. The largest absolute Gasteiger partial charge is 0.464 e. The Bertz CT molecular complexity index is 594. The van der Waals surface area contributed by atoms with Crippen molar-refractivity contribution in [1.82, 2.24) is 5.32 Å². The topological polar surface area (TPSA) is 90.9 Å². The maximum absolute atomic E-state index is 12.0. The van der Waals surface area contributed by atoms with Crippen molar-refractivity contribution in [3.63, 3.8) is 0 Å². The second kappa shape index (κ2) is 10.4. The molecule has 0 radical (unpaired) electrons. The van der Waals surface area contributed by atoms with Crippen molar-refractivity contribution in [2.45, 2.75) is 58.8 Å². The van der Waals surface area contributed by atoms with Crippen LogP contribution in [0.15, 0.2) is 30.3 Å². The molecule has 1 amide bonds. The number of esters is 2. The fourth-order valence-electron chi connectivity index (χ4n) is 2.01. The van der Waals surface area contributed by atoms with E-state index in [1.807, 2.05) is 30.3 Å². The van der Waals surface area contributed by atoms with Crippen molar-refractivity contribution in [3.05, 3.63) is 35.9 Å². The average molecular weight is 365 g/mol. The van der Waals surface area contributed by atoms with Gasteiger partial charge in [0.2, 0.25) is 0 Å². The molecule has 0 bridgehead atoms. The van der Waals surface area contributed by atoms with E-state index < -0.39 is 29.7 Å². The Morgan fingerprint density at radius 3 is 2.31 bits per heavy atom. The van der Waals surface area contributed by atoms with Crippen molar-refractivity contribution in [1.29, 1.82) is 0 Å². The molecule has 0 heterocycles. The summed E-state index contributed by atoms with van der Waals surface area (Å²) in [6, 6.07) is 8.29. The van der Waals surface area contributed by atoms with E-state index in [2.05, 4.69) is 5.32 Å². The highest BCUT2D eigenvalue weighted by atomic mass is 16.6. The Hall–Kier alpha value is -2.57. The summed E-state index contributed by atoms with van der Waals surface area (Å²) >= 11 is 0. The van der Waals surface area contributed by atoms with Crippen LogP contribution in [0, 0.1) is 0 Å². The third kappa shape index (κ3) is 9.05. The van der Waals surface area contributed by atoms with Crippen LogP contribution in [0.2, 0.25) is 0 Å². The number of benzene rings is 1. The minimum atomic E-state index is -0.978. The van der Waals surface area contributed by atoms with Crippen LogP contribution < -0.4 is 5.32 Å². The molecule has 0 unspecified atom stereocenters. The first-order valence-corrected chi connectivity index (χ1v) is 8.57. The normalized spacial score (nSPS) is 12.0. The number of nitrogens with one attached hydrogen (secondary N) is 1. The third-order valence-electron chi connectivity index (χ3n) is 3.14. The van der Waals surface area contributed by atoms with Crippen molar-refractivity contribution in [2.75, 3.05) is 6.61 Å². The highest BCUT2D eigenvalue weighted by Gasteiger charge is 2.26. The smallest absolute Gasteiger partial charge is 0.408 e. The van der Waals surface area contributed by atoms with E-state index in [4.69, 9.17) is 14.2 Å². The number of hydrogen-bond acceptors (Lipinski definition) is 6. The SMILES string of the molecule is CCOC(=O)[C@H](CCC(=O)OCc1ccccc1)NC(=O)OC(C)(C)C. The molecule has 0 aliphatic rings. The van der Waals surface area contributed by atoms with Crippen LogP contribution in [0.1, 0.15) is 46.1 Å². The lowest BCUT2D eigenvalue weighted by Crippen LogP contribution is -2.44. The molecule has 0 saturated carbocycles. The molecular weight excluding hydrogens is 338 g/mol. The van der Waals surface area contributed by atoms with E-state index in [9.17, 15) is 14.4 Å². The number of ether oxygens (including phenoxy) is 3. The van der Waals surface area contributed by atoms with Gasteiger partial charge in [-0.1, -0.05) is 30.3 Å². The van der Waals surface area contributed by atoms with Gasteiger partial charge in [0.05, 0.1) is 6.61 Å². The molecular formula is C19H27NO6. The van der Waals surface area contributed by atoms with E-state index in [1.165, 1.54) is 0 Å². The lowest BCUT2D eigenvalue weighted by atomic mass is 10.1. The van der Waals surface area contributed by atoms with Gasteiger partial charge in [0.1, 0.15) is 18.2 Å². The Labute approximate surface area is 154 Å². The highest BCUT2D eigenvalue weighted by molar-refractivity contribution is 5.82. The molecule has 1 aromatic carbocycles. The van der Waals surface area contributed by atoms with Crippen LogP contribution in [0.25, 0.3) is 0 Å². The molecule has 0 fully saturated rings. The summed E-state index contributed by atoms with van der Waals surface area (Å²) in [6.45, 7) is 7.14. The summed E-state index contributed by atoms with van der Waals surface area (Å²) in [4.78, 5) is 35.8. The molecule has 1 N–H and O–H groups in total. The van der Waals surface area contributed by atoms with Gasteiger partial charge in [0.25, 0.3) is 0 Å². The predicted molar refractivity (Wildman–Crippen MR) is 95.3 cm³/mol. The number of amides is 1. The maximum Gasteiger partial charge on any atom is 0.408 e. The number of alkyl carbamates (subject to hydrolysis) is 1. The summed E-state index contributed by atoms with van der Waals surface area (Å²) in [6.07, 6.45) is -0.717. The van der Waals surface area contributed by atoms with Gasteiger partial charge in [0.15, 0.2) is 0 Å². The van der Waals surface area contributed by atoms with Crippen LogP contribution in [0.4, 0.5) is 4.79 Å². The van der Waals surface area contributed by atoms with E-state index >= 15 is 0 Å². The van der Waals surface area contributed by atoms with E-state index in [1.54, 1.807) is 27.7 Å². The van der Waals surface area contributed by atoms with Gasteiger partial charge in [-0.2, -0.15) is 0 Å². The van der Waals surface area contributed by atoms with Gasteiger partial charge in [-0.25, -0.2) is 9.59 Å². The molecule has 0 aromatic heterocycles. The van der Waals surface area contributed by atoms with Gasteiger partial charge in [-0.15, -0.1) is 0 Å². The minimum Gasteiger partial charge on any atom is -0.464 e. The fourth-order valence-corrected chi connectivity index (χ4v) is 2.01. The van der Waals surface area contributed by atoms with Crippen molar-refractivity contribution in [3.8, 4) is 0 Å². The molecule has 1 rings (SSSR count).